The van der Waals surface area contributed by atoms with Crippen molar-refractivity contribution in [3.8, 4) is 6.07 Å². The zero-order valence-electron chi connectivity index (χ0n) is 14.1. The molecule has 0 saturated carbocycles. The summed E-state index contributed by atoms with van der Waals surface area (Å²) in [5.74, 6) is -0.151. The highest BCUT2D eigenvalue weighted by atomic mass is 32.2. The summed E-state index contributed by atoms with van der Waals surface area (Å²) in [5.41, 5.74) is 2.98. The van der Waals surface area contributed by atoms with Gasteiger partial charge >= 0.3 is 0 Å². The van der Waals surface area contributed by atoms with Crippen LogP contribution in [0.5, 0.6) is 0 Å². The number of benzene rings is 2. The summed E-state index contributed by atoms with van der Waals surface area (Å²) < 4.78 is 2.10. The highest BCUT2D eigenvalue weighted by Crippen LogP contribution is 2.28. The molecule has 0 saturated heterocycles. The Bertz CT molecular complexity index is 957. The monoisotopic (exact) mass is 350 g/mol. The zero-order chi connectivity index (χ0) is 17.8. The van der Waals surface area contributed by atoms with E-state index in [4.69, 9.17) is 5.26 Å². The van der Waals surface area contributed by atoms with Gasteiger partial charge in [0.2, 0.25) is 5.91 Å². The van der Waals surface area contributed by atoms with E-state index in [9.17, 15) is 4.79 Å². The van der Waals surface area contributed by atoms with Gasteiger partial charge in [-0.1, -0.05) is 36.0 Å². The second-order valence-corrected chi connectivity index (χ2v) is 6.84. The average Bonchev–Trinajstić information content (AvgIpc) is 2.99. The standard InChI is InChI=1S/C19H18N4OS/c1-3-23-17-11-7-6-10-16(17)22-19(23)25-13(2)18(24)21-15-9-5-4-8-14(15)12-20/h4-11,13H,3H2,1-2H3,(H,21,24). The number of amides is 1. The van der Waals surface area contributed by atoms with Gasteiger partial charge < -0.3 is 9.88 Å². The number of fused-ring (bicyclic) bond motifs is 1. The molecule has 1 amide bonds. The van der Waals surface area contributed by atoms with Crippen molar-refractivity contribution in [2.24, 2.45) is 0 Å². The second kappa shape index (κ2) is 7.41. The van der Waals surface area contributed by atoms with Crippen LogP contribution in [0.25, 0.3) is 11.0 Å². The minimum atomic E-state index is -0.339. The Morgan fingerprint density at radius 2 is 2.00 bits per heavy atom. The van der Waals surface area contributed by atoms with Gasteiger partial charge in [-0.3, -0.25) is 4.79 Å². The molecule has 1 atom stereocenters. The van der Waals surface area contributed by atoms with Crippen LogP contribution >= 0.6 is 11.8 Å². The van der Waals surface area contributed by atoms with Gasteiger partial charge in [0.15, 0.2) is 5.16 Å². The number of anilines is 1. The van der Waals surface area contributed by atoms with Gasteiger partial charge in [0.1, 0.15) is 6.07 Å². The Morgan fingerprint density at radius 3 is 2.76 bits per heavy atom. The Labute approximate surface area is 150 Å². The van der Waals surface area contributed by atoms with Gasteiger partial charge in [-0.2, -0.15) is 5.26 Å². The van der Waals surface area contributed by atoms with Crippen LogP contribution < -0.4 is 5.32 Å². The molecule has 1 unspecified atom stereocenters. The highest BCUT2D eigenvalue weighted by molar-refractivity contribution is 8.00. The van der Waals surface area contributed by atoms with Gasteiger partial charge in [-0.25, -0.2) is 4.98 Å². The molecule has 0 aliphatic carbocycles. The molecule has 1 heterocycles. The Morgan fingerprint density at radius 1 is 1.28 bits per heavy atom. The molecule has 0 aliphatic rings. The van der Waals surface area contributed by atoms with Crippen molar-refractivity contribution in [1.29, 1.82) is 5.26 Å². The maximum Gasteiger partial charge on any atom is 0.237 e. The number of carbonyl (C=O) groups excluding carboxylic acids is 1. The van der Waals surface area contributed by atoms with Crippen molar-refractivity contribution in [1.82, 2.24) is 9.55 Å². The molecule has 25 heavy (non-hydrogen) atoms. The quantitative estimate of drug-likeness (QED) is 0.705. The van der Waals surface area contributed by atoms with Crippen LogP contribution in [0.15, 0.2) is 53.7 Å². The van der Waals surface area contributed by atoms with E-state index in [-0.39, 0.29) is 11.2 Å². The summed E-state index contributed by atoms with van der Waals surface area (Å²) in [6, 6.07) is 17.0. The molecule has 0 spiro atoms. The lowest BCUT2D eigenvalue weighted by Gasteiger charge is -2.13. The summed E-state index contributed by atoms with van der Waals surface area (Å²) >= 11 is 1.42. The third-order valence-electron chi connectivity index (χ3n) is 3.89. The number of rotatable bonds is 5. The van der Waals surface area contributed by atoms with Crippen LogP contribution in [-0.2, 0) is 11.3 Å². The predicted octanol–water partition coefficient (Wildman–Crippen LogP) is 4.05. The van der Waals surface area contributed by atoms with Gasteiger partial charge in [0.05, 0.1) is 27.5 Å². The molecule has 1 aromatic heterocycles. The summed E-state index contributed by atoms with van der Waals surface area (Å²) in [6.07, 6.45) is 0. The van der Waals surface area contributed by atoms with Crippen molar-refractivity contribution in [2.45, 2.75) is 30.8 Å². The molecular formula is C19H18N4OS. The van der Waals surface area contributed by atoms with Crippen molar-refractivity contribution in [3.05, 3.63) is 54.1 Å². The van der Waals surface area contributed by atoms with Crippen LogP contribution in [0.1, 0.15) is 19.4 Å². The molecule has 3 aromatic rings. The fourth-order valence-corrected chi connectivity index (χ4v) is 3.57. The van der Waals surface area contributed by atoms with E-state index in [0.717, 1.165) is 22.7 Å². The van der Waals surface area contributed by atoms with Crippen LogP contribution in [0.2, 0.25) is 0 Å². The second-order valence-electron chi connectivity index (χ2n) is 5.53. The van der Waals surface area contributed by atoms with Crippen molar-refractivity contribution >= 4 is 34.4 Å². The molecule has 6 heteroatoms. The van der Waals surface area contributed by atoms with E-state index in [1.54, 1.807) is 24.3 Å². The van der Waals surface area contributed by atoms with E-state index in [2.05, 4.69) is 27.9 Å². The first-order valence-electron chi connectivity index (χ1n) is 8.06. The van der Waals surface area contributed by atoms with Crippen LogP contribution in [-0.4, -0.2) is 20.7 Å². The average molecular weight is 350 g/mol. The fourth-order valence-electron chi connectivity index (χ4n) is 2.58. The largest absolute Gasteiger partial charge is 0.324 e. The fraction of sp³-hybridized carbons (Fsp3) is 0.211. The first-order valence-corrected chi connectivity index (χ1v) is 8.94. The number of nitriles is 1. The van der Waals surface area contributed by atoms with Gasteiger partial charge in [-0.15, -0.1) is 0 Å². The zero-order valence-corrected chi connectivity index (χ0v) is 14.9. The Hall–Kier alpha value is -2.78. The molecule has 0 aliphatic heterocycles. The number of hydrogen-bond acceptors (Lipinski definition) is 4. The molecule has 0 radical (unpaired) electrons. The maximum atomic E-state index is 12.5. The lowest BCUT2D eigenvalue weighted by molar-refractivity contribution is -0.115. The molecule has 0 fully saturated rings. The lowest BCUT2D eigenvalue weighted by Crippen LogP contribution is -2.23. The molecule has 5 nitrogen and oxygen atoms in total. The third kappa shape index (κ3) is 3.52. The van der Waals surface area contributed by atoms with Gasteiger partial charge in [0.25, 0.3) is 0 Å². The number of carbonyl (C=O) groups is 1. The molecule has 126 valence electrons. The number of nitrogens with one attached hydrogen (secondary N) is 1. The highest BCUT2D eigenvalue weighted by Gasteiger charge is 2.19. The van der Waals surface area contributed by atoms with Crippen LogP contribution in [0.3, 0.4) is 0 Å². The number of hydrogen-bond donors (Lipinski definition) is 1. The van der Waals surface area contributed by atoms with Crippen LogP contribution in [0.4, 0.5) is 5.69 Å². The van der Waals surface area contributed by atoms with Crippen LogP contribution in [0, 0.1) is 11.3 Å². The molecule has 3 rings (SSSR count). The Kier molecular flexibility index (Phi) is 5.05. The lowest BCUT2D eigenvalue weighted by atomic mass is 10.2. The summed E-state index contributed by atoms with van der Waals surface area (Å²) in [6.45, 7) is 4.69. The normalized spacial score (nSPS) is 11.9. The molecule has 2 aromatic carbocycles. The minimum absolute atomic E-state index is 0.151. The maximum absolute atomic E-state index is 12.5. The van der Waals surface area contributed by atoms with Crippen molar-refractivity contribution < 1.29 is 4.79 Å². The van der Waals surface area contributed by atoms with Gasteiger partial charge in [0, 0.05) is 6.54 Å². The van der Waals surface area contributed by atoms with Crippen molar-refractivity contribution in [2.75, 3.05) is 5.32 Å². The SMILES string of the molecule is CCn1c(SC(C)C(=O)Nc2ccccc2C#N)nc2ccccc21. The van der Waals surface area contributed by atoms with E-state index in [0.29, 0.717) is 11.3 Å². The minimum Gasteiger partial charge on any atom is -0.324 e. The molecular weight excluding hydrogens is 332 g/mol. The first kappa shape index (κ1) is 17.1. The van der Waals surface area contributed by atoms with E-state index >= 15 is 0 Å². The summed E-state index contributed by atoms with van der Waals surface area (Å²) in [7, 11) is 0. The smallest absolute Gasteiger partial charge is 0.237 e. The predicted molar refractivity (Wildman–Crippen MR) is 101 cm³/mol. The van der Waals surface area contributed by atoms with Gasteiger partial charge in [-0.05, 0) is 38.1 Å². The third-order valence-corrected chi connectivity index (χ3v) is 4.98. The number of aromatic nitrogens is 2. The number of para-hydroxylation sites is 3. The summed E-state index contributed by atoms with van der Waals surface area (Å²) in [5, 5.41) is 12.4. The number of thioether (sulfide) groups is 1. The van der Waals surface area contributed by atoms with E-state index in [1.807, 2.05) is 31.2 Å². The number of nitrogens with zero attached hydrogens (tertiary/aromatic N) is 3. The summed E-state index contributed by atoms with van der Waals surface area (Å²) in [4.78, 5) is 17.2. The van der Waals surface area contributed by atoms with Crippen molar-refractivity contribution in [3.63, 3.8) is 0 Å². The topological polar surface area (TPSA) is 70.7 Å². The molecule has 1 N–H and O–H groups in total. The molecule has 0 bridgehead atoms. The first-order chi connectivity index (χ1) is 12.1. The Balaban J connectivity index is 1.79. The number of imidazole rings is 1. The van der Waals surface area contributed by atoms with E-state index in [1.165, 1.54) is 11.8 Å². The van der Waals surface area contributed by atoms with E-state index < -0.39 is 0 Å². The number of aryl methyl sites for hydroxylation is 1.